The lowest BCUT2D eigenvalue weighted by molar-refractivity contribution is 0.392. The third kappa shape index (κ3) is 5.88. The molecule has 0 saturated carbocycles. The Balaban J connectivity index is 1.86. The predicted octanol–water partition coefficient (Wildman–Crippen LogP) is 4.74. The van der Waals surface area contributed by atoms with Gasteiger partial charge in [-0.2, -0.15) is 4.31 Å². The molecule has 0 saturated heterocycles. The standard InChI is InChI=1S/C24H30N2O4S2/c1-17(14-24-25-18(2)19(3)31-24)32(27,28)26(15-20-6-10-22(29-4)11-7-20)16-21-8-12-23(30-5)13-9-21/h6-13,17H,14-16H2,1-5H3/t17-/m0/s1. The van der Waals surface area contributed by atoms with Gasteiger partial charge in [0, 0.05) is 24.4 Å². The first-order chi connectivity index (χ1) is 15.2. The smallest absolute Gasteiger partial charge is 0.217 e. The summed E-state index contributed by atoms with van der Waals surface area (Å²) in [6.07, 6.45) is 0.392. The van der Waals surface area contributed by atoms with Crippen molar-refractivity contribution in [2.45, 2.75) is 45.5 Å². The van der Waals surface area contributed by atoms with Crippen molar-refractivity contribution in [3.05, 3.63) is 75.2 Å². The molecule has 6 nitrogen and oxygen atoms in total. The molecule has 32 heavy (non-hydrogen) atoms. The zero-order chi connectivity index (χ0) is 23.3. The molecule has 0 amide bonds. The van der Waals surface area contributed by atoms with Gasteiger partial charge >= 0.3 is 0 Å². The largest absolute Gasteiger partial charge is 0.497 e. The summed E-state index contributed by atoms with van der Waals surface area (Å²) in [6, 6.07) is 15.0. The van der Waals surface area contributed by atoms with Crippen molar-refractivity contribution < 1.29 is 17.9 Å². The molecule has 8 heteroatoms. The molecule has 1 heterocycles. The fraction of sp³-hybridized carbons (Fsp3) is 0.375. The fourth-order valence-electron chi connectivity index (χ4n) is 3.34. The number of sulfonamides is 1. The van der Waals surface area contributed by atoms with Crippen molar-refractivity contribution in [2.75, 3.05) is 14.2 Å². The Morgan fingerprint density at radius 1 is 0.906 bits per heavy atom. The maximum absolute atomic E-state index is 13.6. The van der Waals surface area contributed by atoms with Gasteiger partial charge in [-0.3, -0.25) is 0 Å². The number of ether oxygens (including phenoxy) is 2. The minimum atomic E-state index is -3.59. The monoisotopic (exact) mass is 474 g/mol. The molecule has 0 aliphatic carbocycles. The van der Waals surface area contributed by atoms with Crippen LogP contribution in [0.3, 0.4) is 0 Å². The van der Waals surface area contributed by atoms with Gasteiger partial charge in [-0.15, -0.1) is 11.3 Å². The van der Waals surface area contributed by atoms with E-state index in [0.717, 1.165) is 38.2 Å². The predicted molar refractivity (Wildman–Crippen MR) is 129 cm³/mol. The second-order valence-electron chi connectivity index (χ2n) is 7.77. The third-order valence-electron chi connectivity index (χ3n) is 5.44. The second kappa shape index (κ2) is 10.5. The lowest BCUT2D eigenvalue weighted by Gasteiger charge is -2.26. The van der Waals surface area contributed by atoms with Gasteiger partial charge in [0.05, 0.1) is 30.2 Å². The van der Waals surface area contributed by atoms with Gasteiger partial charge in [0.25, 0.3) is 0 Å². The van der Waals surface area contributed by atoms with Crippen molar-refractivity contribution in [1.82, 2.24) is 9.29 Å². The van der Waals surface area contributed by atoms with Crippen LogP contribution in [0.4, 0.5) is 0 Å². The molecule has 0 aliphatic rings. The molecule has 2 aromatic carbocycles. The van der Waals surface area contributed by atoms with Gasteiger partial charge in [0.2, 0.25) is 10.0 Å². The van der Waals surface area contributed by atoms with E-state index in [4.69, 9.17) is 9.47 Å². The molecule has 0 bridgehead atoms. The van der Waals surface area contributed by atoms with E-state index in [1.54, 1.807) is 36.8 Å². The summed E-state index contributed by atoms with van der Waals surface area (Å²) < 4.78 is 39.3. The van der Waals surface area contributed by atoms with E-state index in [-0.39, 0.29) is 13.1 Å². The molecule has 172 valence electrons. The molecule has 0 aliphatic heterocycles. The van der Waals surface area contributed by atoms with E-state index in [1.165, 1.54) is 0 Å². The van der Waals surface area contributed by atoms with Gasteiger partial charge in [-0.05, 0) is 56.2 Å². The van der Waals surface area contributed by atoms with Crippen LogP contribution in [0.25, 0.3) is 0 Å². The Labute approximate surface area is 194 Å². The van der Waals surface area contributed by atoms with E-state index >= 15 is 0 Å². The van der Waals surface area contributed by atoms with Crippen molar-refractivity contribution >= 4 is 21.4 Å². The highest BCUT2D eigenvalue weighted by atomic mass is 32.2. The summed E-state index contributed by atoms with van der Waals surface area (Å²) in [5, 5.41) is 0.258. The Bertz CT molecular complexity index is 1050. The highest BCUT2D eigenvalue weighted by Crippen LogP contribution is 2.24. The van der Waals surface area contributed by atoms with Gasteiger partial charge in [0.15, 0.2) is 0 Å². The molecular formula is C24H30N2O4S2. The summed E-state index contributed by atoms with van der Waals surface area (Å²) in [7, 11) is -0.373. The number of benzene rings is 2. The Kier molecular flexibility index (Phi) is 7.92. The maximum Gasteiger partial charge on any atom is 0.217 e. The number of aryl methyl sites for hydroxylation is 2. The van der Waals surface area contributed by atoms with E-state index in [2.05, 4.69) is 4.98 Å². The van der Waals surface area contributed by atoms with Gasteiger partial charge in [0.1, 0.15) is 11.5 Å². The van der Waals surface area contributed by atoms with Gasteiger partial charge < -0.3 is 9.47 Å². The highest BCUT2D eigenvalue weighted by molar-refractivity contribution is 7.89. The molecule has 3 rings (SSSR count). The first-order valence-electron chi connectivity index (χ1n) is 10.4. The van der Waals surface area contributed by atoms with Crippen LogP contribution in [-0.4, -0.2) is 37.2 Å². The number of methoxy groups -OCH3 is 2. The van der Waals surface area contributed by atoms with Gasteiger partial charge in [-0.1, -0.05) is 24.3 Å². The quantitative estimate of drug-likeness (QED) is 0.425. The Morgan fingerprint density at radius 3 is 1.75 bits per heavy atom. The molecular weight excluding hydrogens is 444 g/mol. The summed E-state index contributed by atoms with van der Waals surface area (Å²) in [4.78, 5) is 5.66. The molecule has 3 aromatic rings. The summed E-state index contributed by atoms with van der Waals surface area (Å²) in [5.41, 5.74) is 2.76. The summed E-state index contributed by atoms with van der Waals surface area (Å²) >= 11 is 1.56. The van der Waals surface area contributed by atoms with Crippen molar-refractivity contribution in [2.24, 2.45) is 0 Å². The van der Waals surface area contributed by atoms with Crippen LogP contribution in [-0.2, 0) is 29.5 Å². The van der Waals surface area contributed by atoms with Crippen LogP contribution >= 0.6 is 11.3 Å². The number of nitrogens with zero attached hydrogens (tertiary/aromatic N) is 2. The third-order valence-corrected chi connectivity index (χ3v) is 8.70. The number of hydrogen-bond donors (Lipinski definition) is 0. The van der Waals surface area contributed by atoms with Crippen LogP contribution in [0.2, 0.25) is 0 Å². The van der Waals surface area contributed by atoms with Crippen molar-refractivity contribution in [1.29, 1.82) is 0 Å². The zero-order valence-electron chi connectivity index (χ0n) is 19.2. The molecule has 0 unspecified atom stereocenters. The van der Waals surface area contributed by atoms with E-state index < -0.39 is 15.3 Å². The first kappa shape index (κ1) is 24.2. The van der Waals surface area contributed by atoms with E-state index in [1.807, 2.05) is 62.4 Å². The molecule has 0 radical (unpaired) electrons. The lowest BCUT2D eigenvalue weighted by atomic mass is 10.2. The second-order valence-corrected chi connectivity index (χ2v) is 11.4. The SMILES string of the molecule is COc1ccc(CN(Cc2ccc(OC)cc2)S(=O)(=O)[C@@H](C)Cc2nc(C)c(C)s2)cc1. The van der Waals surface area contributed by atoms with Crippen LogP contribution in [0, 0.1) is 13.8 Å². The van der Waals surface area contributed by atoms with Crippen LogP contribution in [0.1, 0.15) is 33.6 Å². The molecule has 0 N–H and O–H groups in total. The van der Waals surface area contributed by atoms with Crippen LogP contribution in [0.5, 0.6) is 11.5 Å². The lowest BCUT2D eigenvalue weighted by Crippen LogP contribution is -2.37. The maximum atomic E-state index is 13.6. The van der Waals surface area contributed by atoms with Crippen LogP contribution in [0.15, 0.2) is 48.5 Å². The number of thiazole rings is 1. The van der Waals surface area contributed by atoms with Crippen molar-refractivity contribution in [3.63, 3.8) is 0 Å². The molecule has 1 atom stereocenters. The zero-order valence-corrected chi connectivity index (χ0v) is 20.8. The van der Waals surface area contributed by atoms with Gasteiger partial charge in [-0.25, -0.2) is 13.4 Å². The highest BCUT2D eigenvalue weighted by Gasteiger charge is 2.30. The topological polar surface area (TPSA) is 68.7 Å². The number of hydrogen-bond acceptors (Lipinski definition) is 6. The average molecular weight is 475 g/mol. The Morgan fingerprint density at radius 2 is 1.38 bits per heavy atom. The minimum Gasteiger partial charge on any atom is -0.497 e. The molecule has 0 fully saturated rings. The van der Waals surface area contributed by atoms with Crippen molar-refractivity contribution in [3.8, 4) is 11.5 Å². The fourth-order valence-corrected chi connectivity index (χ4v) is 6.04. The summed E-state index contributed by atoms with van der Waals surface area (Å²) in [6.45, 7) is 6.27. The van der Waals surface area contributed by atoms with E-state index in [0.29, 0.717) is 6.42 Å². The number of rotatable bonds is 10. The number of aromatic nitrogens is 1. The first-order valence-corrected chi connectivity index (χ1v) is 12.7. The molecule has 1 aromatic heterocycles. The van der Waals surface area contributed by atoms with E-state index in [9.17, 15) is 8.42 Å². The average Bonchev–Trinajstić information content (AvgIpc) is 3.10. The van der Waals surface area contributed by atoms with Crippen LogP contribution < -0.4 is 9.47 Å². The summed E-state index contributed by atoms with van der Waals surface area (Å²) in [5.74, 6) is 1.47. The Hall–Kier alpha value is -2.42. The molecule has 0 spiro atoms. The normalized spacial score (nSPS) is 12.7. The minimum absolute atomic E-state index is 0.276.